The van der Waals surface area contributed by atoms with E-state index in [9.17, 15) is 24.6 Å². The number of carbonyl (C=O) groups excluding carboxylic acids is 2. The number of Topliss-reactive ketones (excluding diaryl/α,β-unsaturated/α-hetero) is 1. The van der Waals surface area contributed by atoms with Gasteiger partial charge in [-0.3, -0.25) is 19.5 Å². The summed E-state index contributed by atoms with van der Waals surface area (Å²) in [6, 6.07) is 12.7. The molecule has 1 amide bonds. The second-order valence-corrected chi connectivity index (χ2v) is 10.1. The van der Waals surface area contributed by atoms with Crippen molar-refractivity contribution in [3.63, 3.8) is 0 Å². The van der Waals surface area contributed by atoms with Crippen molar-refractivity contribution in [3.05, 3.63) is 94.3 Å². The molecule has 0 saturated carbocycles. The van der Waals surface area contributed by atoms with E-state index in [1.165, 1.54) is 22.6 Å². The molecule has 0 spiro atoms. The quantitative estimate of drug-likeness (QED) is 0.227. The summed E-state index contributed by atoms with van der Waals surface area (Å²) < 4.78 is 0.566. The first-order chi connectivity index (χ1) is 17.9. The Morgan fingerprint density at radius 1 is 0.973 bits per heavy atom. The Kier molecular flexibility index (Phi) is 5.57. The van der Waals surface area contributed by atoms with Gasteiger partial charge < -0.3 is 10.2 Å². The third kappa shape index (κ3) is 3.88. The summed E-state index contributed by atoms with van der Waals surface area (Å²) in [5.41, 5.74) is 3.99. The molecule has 8 nitrogen and oxygen atoms in total. The fourth-order valence-electron chi connectivity index (χ4n) is 5.07. The molecule has 1 atom stereocenters. The van der Waals surface area contributed by atoms with Crippen LogP contribution in [0.15, 0.2) is 66.5 Å². The number of carboxylic acids is 1. The minimum atomic E-state index is -1.07. The van der Waals surface area contributed by atoms with Gasteiger partial charge in [0.15, 0.2) is 5.13 Å². The van der Waals surface area contributed by atoms with Crippen molar-refractivity contribution in [1.29, 1.82) is 0 Å². The lowest BCUT2D eigenvalue weighted by Crippen LogP contribution is -2.29. The van der Waals surface area contributed by atoms with Gasteiger partial charge in [-0.2, -0.15) is 0 Å². The Morgan fingerprint density at radius 3 is 2.51 bits per heavy atom. The molecular formula is C28H21N3O5S. The molecule has 1 fully saturated rings. The topological polar surface area (TPSA) is 121 Å². The molecule has 6 rings (SSSR count). The highest BCUT2D eigenvalue weighted by Crippen LogP contribution is 2.44. The number of thiazole rings is 1. The maximum Gasteiger partial charge on any atom is 0.335 e. The van der Waals surface area contributed by atoms with E-state index in [0.717, 1.165) is 42.6 Å². The van der Waals surface area contributed by atoms with Gasteiger partial charge in [-0.05, 0) is 72.7 Å². The lowest BCUT2D eigenvalue weighted by Gasteiger charge is -2.23. The van der Waals surface area contributed by atoms with Crippen LogP contribution in [0.4, 0.5) is 5.13 Å². The summed E-state index contributed by atoms with van der Waals surface area (Å²) >= 11 is 1.11. The second-order valence-electron chi connectivity index (χ2n) is 9.13. The first-order valence-corrected chi connectivity index (χ1v) is 12.7. The van der Waals surface area contributed by atoms with Crippen LogP contribution in [0, 0.1) is 0 Å². The Labute approximate surface area is 215 Å². The smallest absolute Gasteiger partial charge is 0.335 e. The van der Waals surface area contributed by atoms with Crippen molar-refractivity contribution >= 4 is 50.1 Å². The number of nitrogens with zero attached hydrogens (tertiary/aromatic N) is 3. The predicted octanol–water partition coefficient (Wildman–Crippen LogP) is 4.89. The summed E-state index contributed by atoms with van der Waals surface area (Å²) in [6.45, 7) is 0. The zero-order valence-corrected chi connectivity index (χ0v) is 20.4. The second kappa shape index (κ2) is 8.94. The highest BCUT2D eigenvalue weighted by atomic mass is 32.1. The Balaban J connectivity index is 1.52. The van der Waals surface area contributed by atoms with Gasteiger partial charge in [0.25, 0.3) is 5.78 Å². The van der Waals surface area contributed by atoms with Crippen LogP contribution >= 0.6 is 11.3 Å². The number of pyridine rings is 1. The molecular weight excluding hydrogens is 490 g/mol. The average Bonchev–Trinajstić information content (AvgIpc) is 3.46. The third-order valence-corrected chi connectivity index (χ3v) is 7.91. The number of fused-ring (bicyclic) bond motifs is 2. The largest absolute Gasteiger partial charge is 0.507 e. The molecule has 2 aromatic heterocycles. The summed E-state index contributed by atoms with van der Waals surface area (Å²) in [6.07, 6.45) is 7.22. The van der Waals surface area contributed by atoms with Gasteiger partial charge in [0.2, 0.25) is 0 Å². The van der Waals surface area contributed by atoms with Crippen molar-refractivity contribution in [2.75, 3.05) is 4.90 Å². The number of aryl methyl sites for hydroxylation is 2. The molecule has 1 aliphatic heterocycles. The van der Waals surface area contributed by atoms with Crippen LogP contribution in [0.1, 0.15) is 51.5 Å². The van der Waals surface area contributed by atoms with E-state index < -0.39 is 23.7 Å². The van der Waals surface area contributed by atoms with Crippen LogP contribution in [0.5, 0.6) is 0 Å². The number of aliphatic hydroxyl groups excluding tert-OH is 1. The number of benzene rings is 2. The van der Waals surface area contributed by atoms with Crippen LogP contribution in [-0.4, -0.2) is 37.8 Å². The number of hydrogen-bond acceptors (Lipinski definition) is 7. The number of anilines is 1. The molecule has 1 aliphatic carbocycles. The van der Waals surface area contributed by atoms with Crippen LogP contribution in [-0.2, 0) is 22.4 Å². The fourth-order valence-corrected chi connectivity index (χ4v) is 6.10. The number of hydrogen-bond donors (Lipinski definition) is 2. The molecule has 9 heteroatoms. The molecule has 0 radical (unpaired) electrons. The normalized spacial score (nSPS) is 18.8. The third-order valence-electron chi connectivity index (χ3n) is 6.90. The van der Waals surface area contributed by atoms with Crippen molar-refractivity contribution in [2.24, 2.45) is 0 Å². The van der Waals surface area contributed by atoms with Gasteiger partial charge in [-0.1, -0.05) is 29.5 Å². The fraction of sp³-hybridized carbons (Fsp3) is 0.179. The van der Waals surface area contributed by atoms with E-state index in [1.54, 1.807) is 36.7 Å². The van der Waals surface area contributed by atoms with Crippen LogP contribution < -0.4 is 4.90 Å². The number of carbonyl (C=O) groups is 3. The average molecular weight is 512 g/mol. The number of aromatic nitrogens is 2. The minimum Gasteiger partial charge on any atom is -0.507 e. The molecule has 37 heavy (non-hydrogen) atoms. The van der Waals surface area contributed by atoms with E-state index >= 15 is 0 Å². The van der Waals surface area contributed by atoms with Gasteiger partial charge in [-0.25, -0.2) is 9.78 Å². The molecule has 2 N–H and O–H groups in total. The molecule has 2 aliphatic rings. The minimum absolute atomic E-state index is 0.0285. The van der Waals surface area contributed by atoms with Gasteiger partial charge in [0, 0.05) is 18.0 Å². The molecule has 3 heterocycles. The predicted molar refractivity (Wildman–Crippen MR) is 139 cm³/mol. The number of carboxylic acid groups (broad SMARTS) is 1. The molecule has 4 aromatic rings. The SMILES string of the molecule is O=C1C(=O)N(c2nc3ccc(C(=O)O)cc3s2)C(c2cccnc2)/C1=C(\O)c1ccc2c(c1)CCCC2. The number of rotatable bonds is 4. The first-order valence-electron chi connectivity index (χ1n) is 11.9. The highest BCUT2D eigenvalue weighted by Gasteiger charge is 2.48. The standard InChI is InChI=1S/C28H21N3O5S/c32-24(17-8-7-15-4-1-2-5-16(15)12-17)22-23(19-6-3-11-29-14-19)31(26(34)25(22)33)28-30-20-10-9-18(27(35)36)13-21(20)37-28/h3,6-14,23,32H,1-2,4-5H2,(H,35,36)/b24-22+. The lowest BCUT2D eigenvalue weighted by molar-refractivity contribution is -0.132. The molecule has 1 saturated heterocycles. The van der Waals surface area contributed by atoms with Crippen LogP contribution in [0.25, 0.3) is 16.0 Å². The van der Waals surface area contributed by atoms with Gasteiger partial charge >= 0.3 is 11.9 Å². The first kappa shape index (κ1) is 23.1. The molecule has 1 unspecified atom stereocenters. The van der Waals surface area contributed by atoms with Crippen molar-refractivity contribution < 1.29 is 24.6 Å². The van der Waals surface area contributed by atoms with E-state index in [1.807, 2.05) is 12.1 Å². The zero-order chi connectivity index (χ0) is 25.7. The van der Waals surface area contributed by atoms with Gasteiger partial charge in [0.05, 0.1) is 27.4 Å². The van der Waals surface area contributed by atoms with E-state index in [4.69, 9.17) is 0 Å². The van der Waals surface area contributed by atoms with Gasteiger partial charge in [-0.15, -0.1) is 0 Å². The summed E-state index contributed by atoms with van der Waals surface area (Å²) in [5.74, 6) is -2.93. The van der Waals surface area contributed by atoms with Crippen molar-refractivity contribution in [3.8, 4) is 0 Å². The maximum absolute atomic E-state index is 13.4. The van der Waals surface area contributed by atoms with Crippen molar-refractivity contribution in [2.45, 2.75) is 31.7 Å². The summed E-state index contributed by atoms with van der Waals surface area (Å²) in [7, 11) is 0. The zero-order valence-electron chi connectivity index (χ0n) is 19.5. The van der Waals surface area contributed by atoms with E-state index in [0.29, 0.717) is 21.3 Å². The lowest BCUT2D eigenvalue weighted by atomic mass is 9.89. The maximum atomic E-state index is 13.4. The molecule has 0 bridgehead atoms. The molecule has 2 aromatic carbocycles. The molecule has 184 valence electrons. The highest BCUT2D eigenvalue weighted by molar-refractivity contribution is 7.22. The number of aliphatic hydroxyl groups is 1. The van der Waals surface area contributed by atoms with Crippen LogP contribution in [0.3, 0.4) is 0 Å². The number of ketones is 1. The monoisotopic (exact) mass is 511 g/mol. The van der Waals surface area contributed by atoms with E-state index in [-0.39, 0.29) is 22.0 Å². The number of aromatic carboxylic acids is 1. The number of amides is 1. The Bertz CT molecular complexity index is 1630. The Morgan fingerprint density at radius 2 is 1.76 bits per heavy atom. The summed E-state index contributed by atoms with van der Waals surface area (Å²) in [4.78, 5) is 48.2. The van der Waals surface area contributed by atoms with E-state index in [2.05, 4.69) is 9.97 Å². The Hall–Kier alpha value is -4.37. The summed E-state index contributed by atoms with van der Waals surface area (Å²) in [5, 5.41) is 21.0. The van der Waals surface area contributed by atoms with Crippen molar-refractivity contribution in [1.82, 2.24) is 9.97 Å². The van der Waals surface area contributed by atoms with Gasteiger partial charge in [0.1, 0.15) is 5.76 Å². The van der Waals surface area contributed by atoms with Crippen LogP contribution in [0.2, 0.25) is 0 Å².